The number of ether oxygens (including phenoxy) is 1. The Labute approximate surface area is 214 Å². The molecule has 0 atom stereocenters. The third-order valence-electron chi connectivity index (χ3n) is 5.84. The number of imidazole rings is 1. The second kappa shape index (κ2) is 12.7. The molecule has 7 heteroatoms. The number of nitrogens with zero attached hydrogens (tertiary/aromatic N) is 4. The van der Waals surface area contributed by atoms with Gasteiger partial charge in [0.05, 0.1) is 12.9 Å². The number of halogens is 1. The lowest BCUT2D eigenvalue weighted by Gasteiger charge is -2.22. The maximum atomic E-state index is 5.78. The third-order valence-corrected chi connectivity index (χ3v) is 5.84. The van der Waals surface area contributed by atoms with Crippen LogP contribution in [0.2, 0.25) is 0 Å². The lowest BCUT2D eigenvalue weighted by Crippen LogP contribution is -2.40. The van der Waals surface area contributed by atoms with E-state index in [2.05, 4.69) is 80.3 Å². The number of guanidine groups is 1. The number of likely N-dealkylation sites (N-methyl/N-ethyl adjacent to an activating group) is 1. The fraction of sp³-hybridized carbons (Fsp3) is 0.385. The van der Waals surface area contributed by atoms with Gasteiger partial charge in [-0.1, -0.05) is 48.5 Å². The first-order valence-corrected chi connectivity index (χ1v) is 11.4. The molecule has 2 aromatic carbocycles. The van der Waals surface area contributed by atoms with Crippen LogP contribution in [0.5, 0.6) is 0 Å². The van der Waals surface area contributed by atoms with E-state index in [0.717, 1.165) is 38.2 Å². The Morgan fingerprint density at radius 2 is 1.97 bits per heavy atom. The zero-order valence-electron chi connectivity index (χ0n) is 19.5. The highest BCUT2D eigenvalue weighted by Crippen LogP contribution is 2.28. The van der Waals surface area contributed by atoms with Crippen molar-refractivity contribution in [2.75, 3.05) is 33.9 Å². The highest BCUT2D eigenvalue weighted by Gasteiger charge is 2.21. The summed E-state index contributed by atoms with van der Waals surface area (Å²) in [7, 11) is 3.88. The molecule has 1 aromatic heterocycles. The first kappa shape index (κ1) is 25.2. The Bertz CT molecular complexity index is 1000. The monoisotopic (exact) mass is 559 g/mol. The van der Waals surface area contributed by atoms with Crippen LogP contribution in [0.4, 0.5) is 0 Å². The van der Waals surface area contributed by atoms with E-state index >= 15 is 0 Å². The molecular formula is C26H34IN5O. The van der Waals surface area contributed by atoms with Crippen molar-refractivity contribution in [2.24, 2.45) is 10.9 Å². The number of benzene rings is 2. The Hall–Kier alpha value is -2.39. The second-order valence-electron chi connectivity index (χ2n) is 8.43. The van der Waals surface area contributed by atoms with Crippen LogP contribution >= 0.6 is 24.0 Å². The standard InChI is InChI=1S/C26H33N5O.HI/c1-27-26(30(2)15-16-32-19-22-7-8-22)29-17-24-5-3-4-6-25(24)23-11-9-21(10-12-23)18-31-14-13-28-20-31;/h3-6,9-14,20,22H,7-8,15-19H2,1-2H3,(H,27,29);1H. The molecule has 0 amide bonds. The van der Waals surface area contributed by atoms with Crippen LogP contribution in [0.1, 0.15) is 24.0 Å². The molecular weight excluding hydrogens is 525 g/mol. The zero-order chi connectivity index (χ0) is 22.2. The molecule has 33 heavy (non-hydrogen) atoms. The number of rotatable bonds is 10. The highest BCUT2D eigenvalue weighted by atomic mass is 127. The third kappa shape index (κ3) is 7.57. The van der Waals surface area contributed by atoms with Gasteiger partial charge >= 0.3 is 0 Å². The van der Waals surface area contributed by atoms with E-state index in [-0.39, 0.29) is 24.0 Å². The minimum atomic E-state index is 0. The van der Waals surface area contributed by atoms with Crippen LogP contribution in [0.15, 0.2) is 72.2 Å². The number of aromatic nitrogens is 2. The second-order valence-corrected chi connectivity index (χ2v) is 8.43. The number of nitrogens with one attached hydrogen (secondary N) is 1. The predicted molar refractivity (Wildman–Crippen MR) is 145 cm³/mol. The minimum Gasteiger partial charge on any atom is -0.379 e. The van der Waals surface area contributed by atoms with Crippen LogP contribution in [-0.2, 0) is 17.8 Å². The predicted octanol–water partition coefficient (Wildman–Crippen LogP) is 4.65. The lowest BCUT2D eigenvalue weighted by atomic mass is 9.98. The van der Waals surface area contributed by atoms with Gasteiger partial charge < -0.3 is 19.5 Å². The van der Waals surface area contributed by atoms with Crippen LogP contribution < -0.4 is 5.32 Å². The fourth-order valence-electron chi connectivity index (χ4n) is 3.74. The average Bonchev–Trinajstić information content (AvgIpc) is 3.51. The van der Waals surface area contributed by atoms with Crippen molar-refractivity contribution in [3.05, 3.63) is 78.4 Å². The van der Waals surface area contributed by atoms with Crippen LogP contribution in [0.25, 0.3) is 11.1 Å². The molecule has 0 radical (unpaired) electrons. The van der Waals surface area contributed by atoms with Crippen molar-refractivity contribution in [3.8, 4) is 11.1 Å². The summed E-state index contributed by atoms with van der Waals surface area (Å²) >= 11 is 0. The average molecular weight is 559 g/mol. The smallest absolute Gasteiger partial charge is 0.193 e. The molecule has 1 heterocycles. The summed E-state index contributed by atoms with van der Waals surface area (Å²) in [6.07, 6.45) is 8.29. The molecule has 0 spiro atoms. The SMILES string of the molecule is CN=C(NCc1ccccc1-c1ccc(Cn2ccnc2)cc1)N(C)CCOCC1CC1.I. The lowest BCUT2D eigenvalue weighted by molar-refractivity contribution is 0.115. The van der Waals surface area contributed by atoms with Crippen molar-refractivity contribution >= 4 is 29.9 Å². The zero-order valence-corrected chi connectivity index (χ0v) is 21.8. The van der Waals surface area contributed by atoms with Gasteiger partial charge in [-0.2, -0.15) is 0 Å². The van der Waals surface area contributed by atoms with E-state index in [1.165, 1.54) is 35.1 Å². The van der Waals surface area contributed by atoms with E-state index in [1.54, 1.807) is 0 Å². The highest BCUT2D eigenvalue weighted by molar-refractivity contribution is 14.0. The van der Waals surface area contributed by atoms with Gasteiger partial charge in [0.15, 0.2) is 5.96 Å². The summed E-state index contributed by atoms with van der Waals surface area (Å²) in [6.45, 7) is 4.00. The quantitative estimate of drug-likeness (QED) is 0.170. The van der Waals surface area contributed by atoms with Gasteiger partial charge in [-0.15, -0.1) is 24.0 Å². The van der Waals surface area contributed by atoms with Crippen molar-refractivity contribution in [1.82, 2.24) is 19.8 Å². The topological polar surface area (TPSA) is 54.7 Å². The van der Waals surface area contributed by atoms with E-state index in [0.29, 0.717) is 6.54 Å². The minimum absolute atomic E-state index is 0. The van der Waals surface area contributed by atoms with Crippen LogP contribution in [0, 0.1) is 5.92 Å². The number of hydrogen-bond donors (Lipinski definition) is 1. The molecule has 0 aliphatic heterocycles. The Morgan fingerprint density at radius 3 is 2.67 bits per heavy atom. The molecule has 0 saturated heterocycles. The molecule has 4 rings (SSSR count). The molecule has 1 aliphatic rings. The first-order valence-electron chi connectivity index (χ1n) is 11.4. The maximum Gasteiger partial charge on any atom is 0.193 e. The maximum absolute atomic E-state index is 5.78. The number of aliphatic imine (C=N–C) groups is 1. The Balaban J connectivity index is 0.00000306. The molecule has 1 fully saturated rings. The van der Waals surface area contributed by atoms with Gasteiger partial charge in [0, 0.05) is 52.7 Å². The van der Waals surface area contributed by atoms with Gasteiger partial charge in [-0.25, -0.2) is 4.98 Å². The van der Waals surface area contributed by atoms with Gasteiger partial charge in [0.25, 0.3) is 0 Å². The Kier molecular flexibility index (Phi) is 9.75. The summed E-state index contributed by atoms with van der Waals surface area (Å²) in [5, 5.41) is 3.51. The molecule has 0 unspecified atom stereocenters. The van der Waals surface area contributed by atoms with Gasteiger partial charge in [-0.3, -0.25) is 4.99 Å². The summed E-state index contributed by atoms with van der Waals surface area (Å²) < 4.78 is 7.85. The van der Waals surface area contributed by atoms with Crippen molar-refractivity contribution in [1.29, 1.82) is 0 Å². The van der Waals surface area contributed by atoms with Crippen molar-refractivity contribution < 1.29 is 4.74 Å². The van der Waals surface area contributed by atoms with Crippen molar-refractivity contribution in [2.45, 2.75) is 25.9 Å². The van der Waals surface area contributed by atoms with Crippen LogP contribution in [-0.4, -0.2) is 54.3 Å². The molecule has 176 valence electrons. The van der Waals surface area contributed by atoms with E-state index < -0.39 is 0 Å². The summed E-state index contributed by atoms with van der Waals surface area (Å²) in [5.41, 5.74) is 4.95. The molecule has 1 aliphatic carbocycles. The normalized spacial score (nSPS) is 13.5. The number of hydrogen-bond acceptors (Lipinski definition) is 3. The van der Waals surface area contributed by atoms with E-state index in [4.69, 9.17) is 4.74 Å². The molecule has 1 saturated carbocycles. The van der Waals surface area contributed by atoms with Crippen molar-refractivity contribution in [3.63, 3.8) is 0 Å². The summed E-state index contributed by atoms with van der Waals surface area (Å²) in [4.78, 5) is 10.7. The van der Waals surface area contributed by atoms with Crippen LogP contribution in [0.3, 0.4) is 0 Å². The molecule has 3 aromatic rings. The summed E-state index contributed by atoms with van der Waals surface area (Å²) in [6, 6.07) is 17.3. The van der Waals surface area contributed by atoms with Gasteiger partial charge in [-0.05, 0) is 41.0 Å². The van der Waals surface area contributed by atoms with E-state index in [1.807, 2.05) is 25.8 Å². The fourth-order valence-corrected chi connectivity index (χ4v) is 3.74. The molecule has 6 nitrogen and oxygen atoms in total. The largest absolute Gasteiger partial charge is 0.379 e. The van der Waals surface area contributed by atoms with Gasteiger partial charge in [0.1, 0.15) is 0 Å². The molecule has 1 N–H and O–H groups in total. The Morgan fingerprint density at radius 1 is 1.18 bits per heavy atom. The van der Waals surface area contributed by atoms with E-state index in [9.17, 15) is 0 Å². The van der Waals surface area contributed by atoms with Gasteiger partial charge in [0.2, 0.25) is 0 Å². The summed E-state index contributed by atoms with van der Waals surface area (Å²) in [5.74, 6) is 1.68. The first-order chi connectivity index (χ1) is 15.7. The molecule has 0 bridgehead atoms.